The third-order valence-electron chi connectivity index (χ3n) is 1.06. The van der Waals surface area contributed by atoms with Crippen LogP contribution in [0.2, 0.25) is 13.1 Å². The smallest absolute Gasteiger partial charge is 0.141 e. The Bertz CT molecular complexity index is 126. The molecule has 0 nitrogen and oxygen atoms in total. The van der Waals surface area contributed by atoms with Crippen LogP contribution in [0.4, 0.5) is 0 Å². The van der Waals surface area contributed by atoms with E-state index < -0.39 is 13.4 Å². The fourth-order valence-electron chi connectivity index (χ4n) is 0.385. The molecule has 0 spiro atoms. The van der Waals surface area contributed by atoms with Gasteiger partial charge in [-0.3, -0.25) is 0 Å². The Balaban J connectivity index is 4.40. The van der Waals surface area contributed by atoms with Crippen LogP contribution in [0.25, 0.3) is 0 Å². The minimum Gasteiger partial charge on any atom is -0.141 e. The summed E-state index contributed by atoms with van der Waals surface area (Å²) in [5.74, 6) is 0. The molecule has 0 radical (unpaired) electrons. The van der Waals surface area contributed by atoms with Crippen LogP contribution in [0.15, 0.2) is 11.4 Å². The topological polar surface area (TPSA) is 0 Å². The summed E-state index contributed by atoms with van der Waals surface area (Å²) in [5, 5.41) is 0. The molecule has 0 aliphatic heterocycles. The molecule has 0 aliphatic rings. The van der Waals surface area contributed by atoms with Crippen LogP contribution in [0, 0.1) is 0 Å². The van der Waals surface area contributed by atoms with Gasteiger partial charge >= 0.3 is 0 Å². The van der Waals surface area contributed by atoms with Crippen LogP contribution in [0.1, 0.15) is 0 Å². The SMILES string of the molecule is C=C([Si](C)(Cl)Cl)[Si](C)(Cl)Cl. The molecule has 0 atom stereocenters. The van der Waals surface area contributed by atoms with Crippen molar-refractivity contribution in [2.24, 2.45) is 0 Å². The maximum absolute atomic E-state index is 5.84. The molecule has 0 amide bonds. The zero-order valence-electron chi connectivity index (χ0n) is 5.72. The van der Waals surface area contributed by atoms with Crippen molar-refractivity contribution in [1.82, 2.24) is 0 Å². The predicted molar refractivity (Wildman–Crippen MR) is 55.8 cm³/mol. The third-order valence-corrected chi connectivity index (χ3v) is 10.8. The molecule has 0 rings (SSSR count). The molecule has 0 saturated carbocycles. The molecule has 60 valence electrons. The van der Waals surface area contributed by atoms with Gasteiger partial charge < -0.3 is 0 Å². The van der Waals surface area contributed by atoms with Gasteiger partial charge in [0.25, 0.3) is 13.4 Å². The van der Waals surface area contributed by atoms with E-state index in [2.05, 4.69) is 6.58 Å². The Morgan fingerprint density at radius 2 is 1.20 bits per heavy atom. The van der Waals surface area contributed by atoms with Crippen molar-refractivity contribution in [1.29, 1.82) is 0 Å². The van der Waals surface area contributed by atoms with E-state index >= 15 is 0 Å². The lowest BCUT2D eigenvalue weighted by Gasteiger charge is -2.20. The number of hydrogen-bond acceptors (Lipinski definition) is 0. The van der Waals surface area contributed by atoms with Crippen LogP contribution >= 0.6 is 44.3 Å². The average molecular weight is 254 g/mol. The molecule has 6 heteroatoms. The summed E-state index contributed by atoms with van der Waals surface area (Å²) in [6, 6.07) is 0. The average Bonchev–Trinajstić information content (AvgIpc) is 1.59. The van der Waals surface area contributed by atoms with Crippen LogP contribution < -0.4 is 0 Å². The van der Waals surface area contributed by atoms with Crippen molar-refractivity contribution in [3.05, 3.63) is 11.4 Å². The first-order chi connectivity index (χ1) is 4.15. The monoisotopic (exact) mass is 252 g/mol. The molecular formula is C4H8Cl4Si2. The number of hydrogen-bond donors (Lipinski definition) is 0. The van der Waals surface area contributed by atoms with Crippen molar-refractivity contribution in [2.45, 2.75) is 13.1 Å². The minimum atomic E-state index is -2.35. The number of rotatable bonds is 2. The second-order valence-corrected chi connectivity index (χ2v) is 17.7. The summed E-state index contributed by atoms with van der Waals surface area (Å²) < 4.78 is 0. The molecule has 0 aliphatic carbocycles. The van der Waals surface area contributed by atoms with Gasteiger partial charge in [-0.05, 0) is 17.9 Å². The van der Waals surface area contributed by atoms with Gasteiger partial charge in [-0.15, -0.1) is 50.9 Å². The quantitative estimate of drug-likeness (QED) is 0.520. The first-order valence-corrected chi connectivity index (χ1v) is 11.7. The normalized spacial score (nSPS) is 13.4. The standard InChI is InChI=1S/C4H8Cl4Si2/c1-4(9(2,5)6)10(3,7)8/h1H2,2-3H3. The highest BCUT2D eigenvalue weighted by molar-refractivity contribution is 7.61. The second-order valence-electron chi connectivity index (χ2n) is 2.26. The van der Waals surface area contributed by atoms with E-state index in [0.717, 1.165) is 0 Å². The van der Waals surface area contributed by atoms with Crippen molar-refractivity contribution >= 4 is 57.7 Å². The fourth-order valence-corrected chi connectivity index (χ4v) is 12.0. The van der Waals surface area contributed by atoms with E-state index in [0.29, 0.717) is 4.82 Å². The van der Waals surface area contributed by atoms with Gasteiger partial charge in [0.15, 0.2) is 0 Å². The van der Waals surface area contributed by atoms with Gasteiger partial charge in [-0.2, -0.15) is 0 Å². The maximum atomic E-state index is 5.84. The summed E-state index contributed by atoms with van der Waals surface area (Å²) >= 11 is 23.4. The summed E-state index contributed by atoms with van der Waals surface area (Å²) in [5.41, 5.74) is 0. The molecule has 0 heterocycles. The van der Waals surface area contributed by atoms with Gasteiger partial charge in [0.1, 0.15) is 0 Å². The van der Waals surface area contributed by atoms with Gasteiger partial charge in [0, 0.05) is 0 Å². The molecule has 0 fully saturated rings. The van der Waals surface area contributed by atoms with Crippen molar-refractivity contribution in [3.8, 4) is 0 Å². The van der Waals surface area contributed by atoms with E-state index in [1.807, 2.05) is 0 Å². The van der Waals surface area contributed by atoms with Crippen LogP contribution in [0.5, 0.6) is 0 Å². The van der Waals surface area contributed by atoms with E-state index in [9.17, 15) is 0 Å². The Hall–Kier alpha value is 1.33. The van der Waals surface area contributed by atoms with Crippen molar-refractivity contribution < 1.29 is 0 Å². The molecule has 0 N–H and O–H groups in total. The second kappa shape index (κ2) is 3.37. The summed E-state index contributed by atoms with van der Waals surface area (Å²) in [6.45, 7) is 2.49. The minimum absolute atomic E-state index is 0.659. The first-order valence-electron chi connectivity index (χ1n) is 2.61. The van der Waals surface area contributed by atoms with Gasteiger partial charge in [-0.25, -0.2) is 0 Å². The lowest BCUT2D eigenvalue weighted by molar-refractivity contribution is 2.02. The molecule has 10 heavy (non-hydrogen) atoms. The van der Waals surface area contributed by atoms with Gasteiger partial charge in [-0.1, -0.05) is 0 Å². The van der Waals surface area contributed by atoms with Gasteiger partial charge in [0.2, 0.25) is 0 Å². The molecule has 0 aromatic heterocycles. The lowest BCUT2D eigenvalue weighted by Crippen LogP contribution is -2.32. The number of halogens is 4. The summed E-state index contributed by atoms with van der Waals surface area (Å²) in [4.78, 5) is 0.659. The highest BCUT2D eigenvalue weighted by atomic mass is 35.7. The summed E-state index contributed by atoms with van der Waals surface area (Å²) in [7, 11) is 0. The molecular weight excluding hydrogens is 246 g/mol. The van der Waals surface area contributed by atoms with E-state index in [1.54, 1.807) is 13.1 Å². The molecule has 0 bridgehead atoms. The molecule has 0 aromatic carbocycles. The zero-order valence-corrected chi connectivity index (χ0v) is 10.7. The Kier molecular flexibility index (Phi) is 3.82. The highest BCUT2D eigenvalue weighted by Gasteiger charge is 2.38. The van der Waals surface area contributed by atoms with E-state index in [-0.39, 0.29) is 0 Å². The zero-order chi connectivity index (χ0) is 8.58. The van der Waals surface area contributed by atoms with Crippen LogP contribution in [-0.4, -0.2) is 13.4 Å². The van der Waals surface area contributed by atoms with E-state index in [4.69, 9.17) is 44.3 Å². The third kappa shape index (κ3) is 3.65. The Morgan fingerprint density at radius 3 is 1.20 bits per heavy atom. The predicted octanol–water partition coefficient (Wildman–Crippen LogP) is 3.72. The largest absolute Gasteiger partial charge is 0.272 e. The first kappa shape index (κ1) is 11.3. The highest BCUT2D eigenvalue weighted by Crippen LogP contribution is 2.34. The van der Waals surface area contributed by atoms with Crippen LogP contribution in [0.3, 0.4) is 0 Å². The lowest BCUT2D eigenvalue weighted by atomic mass is 11.2. The van der Waals surface area contributed by atoms with Gasteiger partial charge in [0.05, 0.1) is 0 Å². The summed E-state index contributed by atoms with van der Waals surface area (Å²) in [6.07, 6.45) is 0. The molecule has 0 saturated heterocycles. The van der Waals surface area contributed by atoms with Crippen LogP contribution in [-0.2, 0) is 0 Å². The molecule has 0 unspecified atom stereocenters. The maximum Gasteiger partial charge on any atom is 0.272 e. The fraction of sp³-hybridized carbons (Fsp3) is 0.500. The Labute approximate surface area is 81.9 Å². The van der Waals surface area contributed by atoms with Crippen molar-refractivity contribution in [2.75, 3.05) is 0 Å². The molecule has 0 aromatic rings. The van der Waals surface area contributed by atoms with E-state index in [1.165, 1.54) is 0 Å². The van der Waals surface area contributed by atoms with Crippen molar-refractivity contribution in [3.63, 3.8) is 0 Å². The Morgan fingerprint density at radius 1 is 1.00 bits per heavy atom.